The van der Waals surface area contributed by atoms with Crippen LogP contribution in [-0.4, -0.2) is 50.4 Å². The Kier molecular flexibility index (Phi) is 7.36. The van der Waals surface area contributed by atoms with Crippen LogP contribution in [0.3, 0.4) is 0 Å². The summed E-state index contributed by atoms with van der Waals surface area (Å²) in [4.78, 5) is 0. The summed E-state index contributed by atoms with van der Waals surface area (Å²) in [5.41, 5.74) is 1.55. The number of halogens is 4. The topological polar surface area (TPSA) is 72.4 Å². The van der Waals surface area contributed by atoms with Gasteiger partial charge < -0.3 is 19.9 Å². The summed E-state index contributed by atoms with van der Waals surface area (Å²) in [5, 5.41) is 6.79. The van der Waals surface area contributed by atoms with Crippen LogP contribution in [-0.2, 0) is 16.4 Å². The lowest BCUT2D eigenvalue weighted by Crippen LogP contribution is -2.32. The van der Waals surface area contributed by atoms with Gasteiger partial charge in [0.15, 0.2) is 11.6 Å². The molecule has 0 unspecified atom stereocenters. The van der Waals surface area contributed by atoms with Gasteiger partial charge in [0.1, 0.15) is 16.4 Å². The van der Waals surface area contributed by atoms with Crippen LogP contribution in [0.25, 0.3) is 10.9 Å². The van der Waals surface area contributed by atoms with Crippen LogP contribution >= 0.6 is 0 Å². The molecule has 0 amide bonds. The molecule has 192 valence electrons. The molecule has 3 aromatic rings. The number of hydrogen-bond donors (Lipinski definition) is 2. The van der Waals surface area contributed by atoms with Crippen LogP contribution in [0, 0.1) is 17.7 Å². The standard InChI is InChI=1S/C25H25F4N3O3S/c1-35-24-20(26)6-2-8-22(24)30-12-4-5-18-15-19-21(31-17-10-13-36(33,34)14-11-17)7-3-9-23(19)32(18)16-25(27,28)29/h2-3,6-9,15,17,30-31H,10-14,16H2,1H3. The summed E-state index contributed by atoms with van der Waals surface area (Å²) in [6.45, 7) is -1.16. The molecule has 2 N–H and O–H groups in total. The lowest BCUT2D eigenvalue weighted by Gasteiger charge is -2.24. The third-order valence-corrected chi connectivity index (χ3v) is 7.67. The molecule has 0 aliphatic carbocycles. The van der Waals surface area contributed by atoms with E-state index in [1.807, 2.05) is 0 Å². The van der Waals surface area contributed by atoms with Crippen LogP contribution < -0.4 is 15.4 Å². The fourth-order valence-corrected chi connectivity index (χ4v) is 5.74. The number of rotatable bonds is 6. The highest BCUT2D eigenvalue weighted by Crippen LogP contribution is 2.31. The number of para-hydroxylation sites is 1. The molecule has 0 atom stereocenters. The number of fused-ring (bicyclic) bond motifs is 1. The van der Waals surface area contributed by atoms with E-state index >= 15 is 0 Å². The fourth-order valence-electron chi connectivity index (χ4n) is 4.25. The van der Waals surface area contributed by atoms with E-state index in [0.717, 1.165) is 4.57 Å². The minimum Gasteiger partial charge on any atom is -0.492 e. The van der Waals surface area contributed by atoms with E-state index < -0.39 is 28.4 Å². The third kappa shape index (κ3) is 6.05. The number of aromatic nitrogens is 1. The average Bonchev–Trinajstić information content (AvgIpc) is 3.15. The second kappa shape index (κ2) is 10.3. The lowest BCUT2D eigenvalue weighted by molar-refractivity contribution is -0.140. The molecule has 1 aliphatic rings. The largest absolute Gasteiger partial charge is 0.492 e. The summed E-state index contributed by atoms with van der Waals surface area (Å²) in [7, 11) is -1.70. The number of hydrogen-bond acceptors (Lipinski definition) is 5. The minimum absolute atomic E-state index is 0.0247. The fraction of sp³-hybridized carbons (Fsp3) is 0.360. The van der Waals surface area contributed by atoms with Crippen LogP contribution in [0.4, 0.5) is 28.9 Å². The quantitative estimate of drug-likeness (QED) is 0.359. The molecule has 0 saturated carbocycles. The Hall–Kier alpha value is -3.39. The van der Waals surface area contributed by atoms with Gasteiger partial charge in [-0.05, 0) is 49.1 Å². The number of nitrogens with zero attached hydrogens (tertiary/aromatic N) is 1. The number of anilines is 2. The molecule has 6 nitrogen and oxygen atoms in total. The summed E-state index contributed by atoms with van der Waals surface area (Å²) >= 11 is 0. The lowest BCUT2D eigenvalue weighted by atomic mass is 10.1. The first-order valence-corrected chi connectivity index (χ1v) is 13.1. The van der Waals surface area contributed by atoms with Crippen LogP contribution in [0.15, 0.2) is 42.5 Å². The van der Waals surface area contributed by atoms with Gasteiger partial charge in [-0.3, -0.25) is 0 Å². The maximum atomic E-state index is 13.9. The highest BCUT2D eigenvalue weighted by molar-refractivity contribution is 7.91. The number of nitrogens with one attached hydrogen (secondary N) is 2. The van der Waals surface area contributed by atoms with E-state index in [9.17, 15) is 26.0 Å². The zero-order valence-corrected chi connectivity index (χ0v) is 20.3. The molecular weight excluding hydrogens is 498 g/mol. The normalized spacial score (nSPS) is 15.8. The molecule has 0 radical (unpaired) electrons. The second-order valence-electron chi connectivity index (χ2n) is 8.52. The van der Waals surface area contributed by atoms with Crippen molar-refractivity contribution in [1.82, 2.24) is 4.57 Å². The van der Waals surface area contributed by atoms with Crippen molar-refractivity contribution >= 4 is 32.1 Å². The minimum atomic E-state index is -4.46. The molecule has 2 aromatic carbocycles. The van der Waals surface area contributed by atoms with Gasteiger partial charge in [-0.25, -0.2) is 12.8 Å². The Bertz CT molecular complexity index is 1410. The molecule has 1 aromatic heterocycles. The Morgan fingerprint density at radius 2 is 1.81 bits per heavy atom. The molecule has 36 heavy (non-hydrogen) atoms. The monoisotopic (exact) mass is 523 g/mol. The predicted molar refractivity (Wildman–Crippen MR) is 132 cm³/mol. The van der Waals surface area contributed by atoms with Crippen molar-refractivity contribution in [2.24, 2.45) is 0 Å². The van der Waals surface area contributed by atoms with Crippen molar-refractivity contribution in [2.75, 3.05) is 35.8 Å². The smallest absolute Gasteiger partial charge is 0.406 e. The first-order chi connectivity index (χ1) is 17.1. The molecule has 4 rings (SSSR count). The molecule has 1 aliphatic heterocycles. The van der Waals surface area contributed by atoms with Gasteiger partial charge in [0.2, 0.25) is 0 Å². The van der Waals surface area contributed by atoms with E-state index in [2.05, 4.69) is 22.5 Å². The zero-order chi connectivity index (χ0) is 25.9. The highest BCUT2D eigenvalue weighted by atomic mass is 32.2. The zero-order valence-electron chi connectivity index (χ0n) is 19.5. The maximum absolute atomic E-state index is 13.9. The molecular formula is C25H25F4N3O3S. The van der Waals surface area contributed by atoms with E-state index in [4.69, 9.17) is 4.74 Å². The SMILES string of the molecule is COc1c(F)cccc1NCC#Cc1cc2c(NC3CCS(=O)(=O)CC3)cccc2n1CC(F)(F)F. The van der Waals surface area contributed by atoms with Crippen molar-refractivity contribution in [1.29, 1.82) is 0 Å². The van der Waals surface area contributed by atoms with Gasteiger partial charge in [0.25, 0.3) is 0 Å². The number of ether oxygens (including phenoxy) is 1. The van der Waals surface area contributed by atoms with Crippen molar-refractivity contribution in [3.63, 3.8) is 0 Å². The van der Waals surface area contributed by atoms with Crippen molar-refractivity contribution in [3.8, 4) is 17.6 Å². The molecule has 0 bridgehead atoms. The first kappa shape index (κ1) is 25.7. The predicted octanol–water partition coefficient (Wildman–Crippen LogP) is 4.80. The van der Waals surface area contributed by atoms with Gasteiger partial charge >= 0.3 is 6.18 Å². The van der Waals surface area contributed by atoms with Crippen LogP contribution in [0.2, 0.25) is 0 Å². The van der Waals surface area contributed by atoms with E-state index in [0.29, 0.717) is 35.1 Å². The highest BCUT2D eigenvalue weighted by Gasteiger charge is 2.30. The molecule has 1 saturated heterocycles. The van der Waals surface area contributed by atoms with Gasteiger partial charge in [-0.2, -0.15) is 13.2 Å². The van der Waals surface area contributed by atoms with Crippen LogP contribution in [0.1, 0.15) is 18.5 Å². The maximum Gasteiger partial charge on any atom is 0.406 e. The van der Waals surface area contributed by atoms with E-state index in [-0.39, 0.29) is 35.5 Å². The van der Waals surface area contributed by atoms with Crippen molar-refractivity contribution in [3.05, 3.63) is 54.0 Å². The van der Waals surface area contributed by atoms with Gasteiger partial charge in [-0.1, -0.05) is 18.1 Å². The van der Waals surface area contributed by atoms with Gasteiger partial charge in [0.05, 0.1) is 42.1 Å². The Labute approximate surface area is 206 Å². The van der Waals surface area contributed by atoms with Crippen molar-refractivity contribution in [2.45, 2.75) is 31.6 Å². The van der Waals surface area contributed by atoms with Crippen molar-refractivity contribution < 1.29 is 30.7 Å². The second-order valence-corrected chi connectivity index (χ2v) is 10.8. The molecule has 11 heteroatoms. The molecule has 2 heterocycles. The Balaban J connectivity index is 1.61. The summed E-state index contributed by atoms with van der Waals surface area (Å²) in [6, 6.07) is 10.9. The van der Waals surface area contributed by atoms with E-state index in [1.165, 1.54) is 19.2 Å². The number of methoxy groups -OCH3 is 1. The average molecular weight is 524 g/mol. The number of alkyl halides is 3. The Morgan fingerprint density at radius 1 is 1.11 bits per heavy atom. The first-order valence-electron chi connectivity index (χ1n) is 11.3. The van der Waals surface area contributed by atoms with Gasteiger partial charge in [0, 0.05) is 17.1 Å². The molecule has 1 fully saturated rings. The summed E-state index contributed by atoms with van der Waals surface area (Å²) in [6.07, 6.45) is -3.59. The Morgan fingerprint density at radius 3 is 2.50 bits per heavy atom. The number of benzene rings is 2. The third-order valence-electron chi connectivity index (χ3n) is 5.95. The summed E-state index contributed by atoms with van der Waals surface area (Å²) < 4.78 is 83.7. The summed E-state index contributed by atoms with van der Waals surface area (Å²) in [5.74, 6) is 5.24. The molecule has 0 spiro atoms. The number of sulfone groups is 1. The van der Waals surface area contributed by atoms with Crippen LogP contribution in [0.5, 0.6) is 5.75 Å². The van der Waals surface area contributed by atoms with Gasteiger partial charge in [-0.15, -0.1) is 0 Å². The van der Waals surface area contributed by atoms with E-state index in [1.54, 1.807) is 30.3 Å².